The van der Waals surface area contributed by atoms with Crippen LogP contribution < -0.4 is 10.2 Å². The second-order valence-electron chi connectivity index (χ2n) is 8.56. The monoisotopic (exact) mass is 432 g/mol. The molecule has 6 nitrogen and oxygen atoms in total. The maximum absolute atomic E-state index is 13.9. The van der Waals surface area contributed by atoms with E-state index in [1.165, 1.54) is 6.07 Å². The van der Waals surface area contributed by atoms with Crippen LogP contribution in [0.1, 0.15) is 25.7 Å². The SMILES string of the molecule is O=C1OC2(CCC(CNc3ccc(-c4ccccc4F)nc3)CC2)CN1c1ccccn1. The van der Waals surface area contributed by atoms with E-state index in [4.69, 9.17) is 4.74 Å². The van der Waals surface area contributed by atoms with Gasteiger partial charge in [-0.1, -0.05) is 18.2 Å². The Morgan fingerprint density at radius 1 is 1.06 bits per heavy atom. The Balaban J connectivity index is 1.14. The molecule has 5 rings (SSSR count). The third kappa shape index (κ3) is 4.15. The van der Waals surface area contributed by atoms with Gasteiger partial charge in [0, 0.05) is 18.3 Å². The summed E-state index contributed by atoms with van der Waals surface area (Å²) in [6.45, 7) is 1.39. The predicted octanol–water partition coefficient (Wildman–Crippen LogP) is 5.28. The van der Waals surface area contributed by atoms with Crippen molar-refractivity contribution in [3.8, 4) is 11.3 Å². The largest absolute Gasteiger partial charge is 0.441 e. The van der Waals surface area contributed by atoms with E-state index in [2.05, 4.69) is 15.3 Å². The van der Waals surface area contributed by atoms with E-state index in [1.807, 2.05) is 30.3 Å². The van der Waals surface area contributed by atoms with Gasteiger partial charge in [0.1, 0.15) is 17.2 Å². The number of hydrogen-bond donors (Lipinski definition) is 1. The van der Waals surface area contributed by atoms with Gasteiger partial charge < -0.3 is 10.1 Å². The molecule has 1 aromatic carbocycles. The number of pyridine rings is 2. The van der Waals surface area contributed by atoms with Gasteiger partial charge in [-0.25, -0.2) is 14.2 Å². The average molecular weight is 432 g/mol. The van der Waals surface area contributed by atoms with E-state index in [0.29, 0.717) is 29.5 Å². The first-order valence-electron chi connectivity index (χ1n) is 11.0. The first-order valence-corrected chi connectivity index (χ1v) is 11.0. The number of carbonyl (C=O) groups is 1. The molecule has 3 heterocycles. The molecule has 1 amide bonds. The van der Waals surface area contributed by atoms with Crippen molar-refractivity contribution in [1.82, 2.24) is 9.97 Å². The van der Waals surface area contributed by atoms with Crippen LogP contribution >= 0.6 is 0 Å². The van der Waals surface area contributed by atoms with E-state index in [0.717, 1.165) is 37.9 Å². The van der Waals surface area contributed by atoms with Crippen LogP contribution in [0.25, 0.3) is 11.3 Å². The summed E-state index contributed by atoms with van der Waals surface area (Å²) in [5.41, 5.74) is 1.63. The maximum Gasteiger partial charge on any atom is 0.416 e. The van der Waals surface area contributed by atoms with Gasteiger partial charge in [0.2, 0.25) is 0 Å². The molecule has 2 aliphatic rings. The van der Waals surface area contributed by atoms with Crippen molar-refractivity contribution < 1.29 is 13.9 Å². The lowest BCUT2D eigenvalue weighted by molar-refractivity contribution is 0.0148. The smallest absolute Gasteiger partial charge is 0.416 e. The number of rotatable bonds is 5. The van der Waals surface area contributed by atoms with Gasteiger partial charge in [-0.2, -0.15) is 0 Å². The highest BCUT2D eigenvalue weighted by Gasteiger charge is 2.47. The number of hydrogen-bond acceptors (Lipinski definition) is 5. The van der Waals surface area contributed by atoms with Gasteiger partial charge in [0.15, 0.2) is 0 Å². The summed E-state index contributed by atoms with van der Waals surface area (Å²) in [6, 6.07) is 16.0. The Hall–Kier alpha value is -3.48. The van der Waals surface area contributed by atoms with Crippen molar-refractivity contribution in [2.24, 2.45) is 5.92 Å². The third-order valence-corrected chi connectivity index (χ3v) is 6.42. The fourth-order valence-corrected chi connectivity index (χ4v) is 4.57. The van der Waals surface area contributed by atoms with Crippen LogP contribution in [0.15, 0.2) is 67.0 Å². The second-order valence-corrected chi connectivity index (χ2v) is 8.56. The van der Waals surface area contributed by atoms with Crippen LogP contribution in [-0.2, 0) is 4.74 Å². The molecule has 1 saturated carbocycles. The fraction of sp³-hybridized carbons (Fsp3) is 0.320. The van der Waals surface area contributed by atoms with Crippen molar-refractivity contribution in [2.45, 2.75) is 31.3 Å². The van der Waals surface area contributed by atoms with Crippen molar-refractivity contribution in [2.75, 3.05) is 23.3 Å². The maximum atomic E-state index is 13.9. The summed E-state index contributed by atoms with van der Waals surface area (Å²) in [6.07, 6.45) is 6.79. The number of halogens is 1. The lowest BCUT2D eigenvalue weighted by Crippen LogP contribution is -2.39. The minimum Gasteiger partial charge on any atom is -0.441 e. The Labute approximate surface area is 186 Å². The van der Waals surface area contributed by atoms with Gasteiger partial charge in [-0.05, 0) is 68.0 Å². The number of anilines is 2. The van der Waals surface area contributed by atoms with Crippen molar-refractivity contribution in [3.05, 3.63) is 72.8 Å². The molecular weight excluding hydrogens is 407 g/mol. The number of nitrogens with zero attached hydrogens (tertiary/aromatic N) is 3. The van der Waals surface area contributed by atoms with E-state index in [1.54, 1.807) is 35.5 Å². The molecule has 0 radical (unpaired) electrons. The first-order chi connectivity index (χ1) is 15.6. The van der Waals surface area contributed by atoms with Crippen LogP contribution in [0.4, 0.5) is 20.7 Å². The molecule has 1 aliphatic heterocycles. The molecule has 3 aromatic rings. The number of carbonyl (C=O) groups excluding carboxylic acids is 1. The summed E-state index contributed by atoms with van der Waals surface area (Å²) >= 11 is 0. The van der Waals surface area contributed by atoms with E-state index < -0.39 is 5.60 Å². The molecule has 1 N–H and O–H groups in total. The molecule has 32 heavy (non-hydrogen) atoms. The molecule has 7 heteroatoms. The number of nitrogens with one attached hydrogen (secondary N) is 1. The standard InChI is InChI=1S/C25H25FN4O2/c26-21-6-2-1-5-20(21)22-9-8-19(16-29-22)28-15-18-10-12-25(13-11-18)17-30(24(31)32-25)23-7-3-4-14-27-23/h1-9,14,16,18,28H,10-13,15,17H2. The van der Waals surface area contributed by atoms with Crippen molar-refractivity contribution in [1.29, 1.82) is 0 Å². The van der Waals surface area contributed by atoms with Crippen LogP contribution in [0.2, 0.25) is 0 Å². The summed E-state index contributed by atoms with van der Waals surface area (Å²) in [5, 5.41) is 3.45. The quantitative estimate of drug-likeness (QED) is 0.594. The normalized spacial score (nSPS) is 22.7. The lowest BCUT2D eigenvalue weighted by atomic mass is 9.78. The van der Waals surface area contributed by atoms with Crippen molar-refractivity contribution >= 4 is 17.6 Å². The molecule has 2 aromatic heterocycles. The van der Waals surface area contributed by atoms with Crippen LogP contribution in [0.5, 0.6) is 0 Å². The molecule has 0 atom stereocenters. The highest BCUT2D eigenvalue weighted by molar-refractivity contribution is 5.89. The Morgan fingerprint density at radius 2 is 1.88 bits per heavy atom. The molecular formula is C25H25FN4O2. The number of amides is 1. The molecule has 1 saturated heterocycles. The Bertz CT molecular complexity index is 1080. The van der Waals surface area contributed by atoms with Gasteiger partial charge in [-0.15, -0.1) is 0 Å². The average Bonchev–Trinajstić information content (AvgIpc) is 3.16. The van der Waals surface area contributed by atoms with Gasteiger partial charge in [-0.3, -0.25) is 9.88 Å². The highest BCUT2D eigenvalue weighted by atomic mass is 19.1. The van der Waals surface area contributed by atoms with Gasteiger partial charge in [0.25, 0.3) is 0 Å². The second kappa shape index (κ2) is 8.57. The number of ether oxygens (including phenoxy) is 1. The van der Waals surface area contributed by atoms with Crippen molar-refractivity contribution in [3.63, 3.8) is 0 Å². The zero-order valence-corrected chi connectivity index (χ0v) is 17.7. The molecule has 2 fully saturated rings. The van der Waals surface area contributed by atoms with Crippen LogP contribution in [-0.4, -0.2) is 34.8 Å². The first kappa shape index (κ1) is 20.4. The van der Waals surface area contributed by atoms with Crippen LogP contribution in [0, 0.1) is 11.7 Å². The minimum absolute atomic E-state index is 0.272. The number of aromatic nitrogens is 2. The Kier molecular flexibility index (Phi) is 5.47. The summed E-state index contributed by atoms with van der Waals surface area (Å²) in [5.74, 6) is 0.866. The fourth-order valence-electron chi connectivity index (χ4n) is 4.57. The summed E-state index contributed by atoms with van der Waals surface area (Å²) in [7, 11) is 0. The zero-order valence-electron chi connectivity index (χ0n) is 17.7. The van der Waals surface area contributed by atoms with E-state index in [-0.39, 0.29) is 11.9 Å². The predicted molar refractivity (Wildman–Crippen MR) is 121 cm³/mol. The van der Waals surface area contributed by atoms with Gasteiger partial charge >= 0.3 is 6.09 Å². The molecule has 0 unspecified atom stereocenters. The molecule has 0 bridgehead atoms. The third-order valence-electron chi connectivity index (χ3n) is 6.42. The zero-order chi connectivity index (χ0) is 22.0. The lowest BCUT2D eigenvalue weighted by Gasteiger charge is -2.35. The summed E-state index contributed by atoms with van der Waals surface area (Å²) in [4.78, 5) is 22.7. The van der Waals surface area contributed by atoms with E-state index in [9.17, 15) is 9.18 Å². The topological polar surface area (TPSA) is 67.3 Å². The number of benzene rings is 1. The molecule has 1 aliphatic carbocycles. The molecule has 1 spiro atoms. The highest BCUT2D eigenvalue weighted by Crippen LogP contribution is 2.40. The van der Waals surface area contributed by atoms with Crippen LogP contribution in [0.3, 0.4) is 0 Å². The molecule has 164 valence electrons. The Morgan fingerprint density at radius 3 is 2.59 bits per heavy atom. The summed E-state index contributed by atoms with van der Waals surface area (Å²) < 4.78 is 19.8. The minimum atomic E-state index is -0.409. The van der Waals surface area contributed by atoms with E-state index >= 15 is 0 Å². The van der Waals surface area contributed by atoms with Gasteiger partial charge in [0.05, 0.1) is 24.1 Å².